The molecular weight excluding hydrogens is 284 g/mol. The summed E-state index contributed by atoms with van der Waals surface area (Å²) >= 11 is 6.28. The van der Waals surface area contributed by atoms with Gasteiger partial charge >= 0.3 is 0 Å². The second-order valence-electron chi connectivity index (χ2n) is 5.24. The number of aryl methyl sites for hydroxylation is 2. The first kappa shape index (κ1) is 13.9. The molecule has 0 aliphatic heterocycles. The van der Waals surface area contributed by atoms with E-state index in [-0.39, 0.29) is 0 Å². The van der Waals surface area contributed by atoms with E-state index in [1.165, 1.54) is 0 Å². The van der Waals surface area contributed by atoms with Crippen molar-refractivity contribution in [3.8, 4) is 0 Å². The third kappa shape index (κ3) is 2.25. The predicted molar refractivity (Wildman–Crippen MR) is 86.7 cm³/mol. The highest BCUT2D eigenvalue weighted by atomic mass is 35.5. The summed E-state index contributed by atoms with van der Waals surface area (Å²) in [6.45, 7) is 6.65. The molecule has 0 unspecified atom stereocenters. The van der Waals surface area contributed by atoms with Crippen LogP contribution >= 0.6 is 11.6 Å². The van der Waals surface area contributed by atoms with Crippen LogP contribution in [0.25, 0.3) is 11.0 Å². The van der Waals surface area contributed by atoms with Crippen LogP contribution in [0.2, 0.25) is 5.02 Å². The van der Waals surface area contributed by atoms with Crippen molar-refractivity contribution in [2.45, 2.75) is 27.3 Å². The number of hydrogen-bond acceptors (Lipinski definition) is 3. The monoisotopic (exact) mass is 300 g/mol. The van der Waals surface area contributed by atoms with Crippen LogP contribution in [-0.4, -0.2) is 14.5 Å². The quantitative estimate of drug-likeness (QED) is 0.786. The molecule has 0 bridgehead atoms. The molecule has 0 saturated carbocycles. The van der Waals surface area contributed by atoms with E-state index in [1.807, 2.05) is 31.2 Å². The molecule has 4 nitrogen and oxygen atoms in total. The van der Waals surface area contributed by atoms with Crippen LogP contribution in [0.15, 0.2) is 24.3 Å². The van der Waals surface area contributed by atoms with E-state index < -0.39 is 0 Å². The van der Waals surface area contributed by atoms with E-state index >= 15 is 0 Å². The molecule has 1 aromatic carbocycles. The number of nitrogens with two attached hydrogens (primary N) is 1. The fraction of sp³-hybridized carbons (Fsp3) is 0.250. The van der Waals surface area contributed by atoms with Crippen molar-refractivity contribution in [1.29, 1.82) is 0 Å². The van der Waals surface area contributed by atoms with Gasteiger partial charge in [-0.3, -0.25) is 0 Å². The molecule has 0 spiro atoms. The van der Waals surface area contributed by atoms with Crippen LogP contribution in [0.1, 0.15) is 22.6 Å². The van der Waals surface area contributed by atoms with Gasteiger partial charge in [-0.25, -0.2) is 9.97 Å². The Morgan fingerprint density at radius 2 is 1.86 bits per heavy atom. The van der Waals surface area contributed by atoms with Gasteiger partial charge in [0.15, 0.2) is 0 Å². The van der Waals surface area contributed by atoms with E-state index in [2.05, 4.69) is 28.4 Å². The Bertz CT molecular complexity index is 836. The lowest BCUT2D eigenvalue weighted by molar-refractivity contribution is 0.788. The molecule has 2 heterocycles. The topological polar surface area (TPSA) is 56.7 Å². The average molecular weight is 301 g/mol. The maximum Gasteiger partial charge on any atom is 0.146 e. The highest BCUT2D eigenvalue weighted by Crippen LogP contribution is 2.29. The van der Waals surface area contributed by atoms with E-state index in [4.69, 9.17) is 17.3 Å². The Balaban J connectivity index is 2.23. The van der Waals surface area contributed by atoms with E-state index in [0.717, 1.165) is 32.9 Å². The standard InChI is InChI=1S/C16H17ClN4/c1-9-10(2)21(8-12-6-4-5-7-13(12)17)16-14(9)15(18)19-11(3)20-16/h4-7H,8H2,1-3H3,(H2,18,19,20). The van der Waals surface area contributed by atoms with Gasteiger partial charge in [0.2, 0.25) is 0 Å². The van der Waals surface area contributed by atoms with Crippen molar-refractivity contribution in [3.63, 3.8) is 0 Å². The SMILES string of the molecule is Cc1nc(N)c2c(C)c(C)n(Cc3ccccc3Cl)c2n1. The predicted octanol–water partition coefficient (Wildman–Crippen LogP) is 3.64. The minimum absolute atomic E-state index is 0.538. The summed E-state index contributed by atoms with van der Waals surface area (Å²) < 4.78 is 2.15. The summed E-state index contributed by atoms with van der Waals surface area (Å²) in [7, 11) is 0. The van der Waals surface area contributed by atoms with Crippen molar-refractivity contribution >= 4 is 28.5 Å². The van der Waals surface area contributed by atoms with Crippen molar-refractivity contribution < 1.29 is 0 Å². The van der Waals surface area contributed by atoms with Crippen molar-refractivity contribution in [2.24, 2.45) is 0 Å². The number of hydrogen-bond donors (Lipinski definition) is 1. The highest BCUT2D eigenvalue weighted by molar-refractivity contribution is 6.31. The number of aromatic nitrogens is 3. The van der Waals surface area contributed by atoms with Crippen molar-refractivity contribution in [2.75, 3.05) is 5.73 Å². The second kappa shape index (κ2) is 5.04. The molecule has 0 aliphatic rings. The summed E-state index contributed by atoms with van der Waals surface area (Å²) in [5.41, 5.74) is 10.3. The zero-order chi connectivity index (χ0) is 15.1. The van der Waals surface area contributed by atoms with Crippen LogP contribution in [0.3, 0.4) is 0 Å². The summed E-state index contributed by atoms with van der Waals surface area (Å²) in [5, 5.41) is 1.69. The van der Waals surface area contributed by atoms with Crippen LogP contribution < -0.4 is 5.73 Å². The molecule has 0 fully saturated rings. The minimum Gasteiger partial charge on any atom is -0.383 e. The first-order valence-corrected chi connectivity index (χ1v) is 7.19. The first-order valence-electron chi connectivity index (χ1n) is 6.82. The Morgan fingerprint density at radius 1 is 1.14 bits per heavy atom. The molecule has 21 heavy (non-hydrogen) atoms. The number of nitrogens with zero attached hydrogens (tertiary/aromatic N) is 3. The first-order chi connectivity index (χ1) is 9.99. The van der Waals surface area contributed by atoms with Crippen molar-refractivity contribution in [1.82, 2.24) is 14.5 Å². The number of halogens is 1. The third-order valence-electron chi connectivity index (χ3n) is 3.89. The lowest BCUT2D eigenvalue weighted by Crippen LogP contribution is -2.05. The lowest BCUT2D eigenvalue weighted by atomic mass is 10.2. The van der Waals surface area contributed by atoms with Gasteiger partial charge in [-0.2, -0.15) is 0 Å². The maximum atomic E-state index is 6.28. The summed E-state index contributed by atoms with van der Waals surface area (Å²) in [4.78, 5) is 8.84. The number of rotatable bonds is 2. The molecule has 0 aliphatic carbocycles. The molecule has 108 valence electrons. The number of benzene rings is 1. The highest BCUT2D eigenvalue weighted by Gasteiger charge is 2.16. The largest absolute Gasteiger partial charge is 0.383 e. The number of nitrogen functional groups attached to an aromatic ring is 1. The smallest absolute Gasteiger partial charge is 0.146 e. The molecule has 3 rings (SSSR count). The van der Waals surface area contributed by atoms with Gasteiger partial charge < -0.3 is 10.3 Å². The van der Waals surface area contributed by atoms with Crippen LogP contribution in [-0.2, 0) is 6.54 Å². The fourth-order valence-electron chi connectivity index (χ4n) is 2.67. The number of fused-ring (bicyclic) bond motifs is 1. The maximum absolute atomic E-state index is 6.28. The molecule has 0 radical (unpaired) electrons. The number of anilines is 1. The minimum atomic E-state index is 0.538. The Kier molecular flexibility index (Phi) is 3.33. The summed E-state index contributed by atoms with van der Waals surface area (Å²) in [6.07, 6.45) is 0. The molecule has 2 aromatic heterocycles. The summed E-state index contributed by atoms with van der Waals surface area (Å²) in [6, 6.07) is 7.85. The third-order valence-corrected chi connectivity index (χ3v) is 4.26. The molecule has 2 N–H and O–H groups in total. The van der Waals surface area contributed by atoms with Gasteiger partial charge in [-0.1, -0.05) is 29.8 Å². The van der Waals surface area contributed by atoms with Gasteiger partial charge in [-0.15, -0.1) is 0 Å². The average Bonchev–Trinajstić information content (AvgIpc) is 2.66. The Morgan fingerprint density at radius 3 is 2.57 bits per heavy atom. The van der Waals surface area contributed by atoms with Crippen molar-refractivity contribution in [3.05, 3.63) is 51.9 Å². The molecule has 0 saturated heterocycles. The normalized spacial score (nSPS) is 11.2. The molecule has 0 atom stereocenters. The molecule has 5 heteroatoms. The van der Waals surface area contributed by atoms with E-state index in [0.29, 0.717) is 18.2 Å². The zero-order valence-electron chi connectivity index (χ0n) is 12.3. The van der Waals surface area contributed by atoms with Gasteiger partial charge in [0, 0.05) is 10.7 Å². The molecular formula is C16H17ClN4. The Labute approximate surface area is 128 Å². The van der Waals surface area contributed by atoms with E-state index in [9.17, 15) is 0 Å². The van der Waals surface area contributed by atoms with E-state index in [1.54, 1.807) is 0 Å². The Hall–Kier alpha value is -2.07. The molecule has 0 amide bonds. The zero-order valence-corrected chi connectivity index (χ0v) is 13.1. The van der Waals surface area contributed by atoms with Crippen LogP contribution in [0.5, 0.6) is 0 Å². The van der Waals surface area contributed by atoms with Gasteiger partial charge in [0.1, 0.15) is 17.3 Å². The van der Waals surface area contributed by atoms with Gasteiger partial charge in [-0.05, 0) is 38.0 Å². The fourth-order valence-corrected chi connectivity index (χ4v) is 2.86. The lowest BCUT2D eigenvalue weighted by Gasteiger charge is -2.10. The van der Waals surface area contributed by atoms with Gasteiger partial charge in [0.05, 0.1) is 11.9 Å². The molecule has 3 aromatic rings. The van der Waals surface area contributed by atoms with Gasteiger partial charge in [0.25, 0.3) is 0 Å². The van der Waals surface area contributed by atoms with Crippen LogP contribution in [0.4, 0.5) is 5.82 Å². The second-order valence-corrected chi connectivity index (χ2v) is 5.65. The summed E-state index contributed by atoms with van der Waals surface area (Å²) in [5.74, 6) is 1.22. The van der Waals surface area contributed by atoms with Crippen LogP contribution in [0, 0.1) is 20.8 Å².